The van der Waals surface area contributed by atoms with Crippen LogP contribution in [0.2, 0.25) is 0 Å². The number of amides is 1. The van der Waals surface area contributed by atoms with Gasteiger partial charge in [0.1, 0.15) is 0 Å². The van der Waals surface area contributed by atoms with Gasteiger partial charge >= 0.3 is 5.97 Å². The molecule has 1 atom stereocenters. The Morgan fingerprint density at radius 1 is 1.31 bits per heavy atom. The minimum Gasteiger partial charge on any atom is -0.481 e. The Bertz CT molecular complexity index is 261. The van der Waals surface area contributed by atoms with Crippen LogP contribution in [0.15, 0.2) is 0 Å². The van der Waals surface area contributed by atoms with E-state index in [0.717, 1.165) is 6.42 Å². The van der Waals surface area contributed by atoms with Gasteiger partial charge in [0, 0.05) is 18.0 Å². The van der Waals surface area contributed by atoms with Gasteiger partial charge in [0.25, 0.3) is 0 Å². The number of carboxylic acid groups (broad SMARTS) is 1. The Labute approximate surface area is 97.6 Å². The van der Waals surface area contributed by atoms with Gasteiger partial charge in [-0.25, -0.2) is 0 Å². The van der Waals surface area contributed by atoms with Crippen LogP contribution in [-0.2, 0) is 9.59 Å². The lowest BCUT2D eigenvalue weighted by atomic mass is 9.88. The number of hydrogen-bond acceptors (Lipinski definition) is 2. The number of carboxylic acids is 1. The SMILES string of the molecule is CCN(C(=O)C(C)(C)CC)C(C)CC(=O)O. The molecule has 1 unspecified atom stereocenters. The third-order valence-corrected chi connectivity index (χ3v) is 3.07. The van der Waals surface area contributed by atoms with Crippen molar-refractivity contribution in [3.63, 3.8) is 0 Å². The lowest BCUT2D eigenvalue weighted by Crippen LogP contribution is -2.46. The number of hydrogen-bond donors (Lipinski definition) is 1. The van der Waals surface area contributed by atoms with E-state index in [9.17, 15) is 9.59 Å². The third kappa shape index (κ3) is 3.83. The summed E-state index contributed by atoms with van der Waals surface area (Å²) in [6.45, 7) is 9.96. The van der Waals surface area contributed by atoms with Gasteiger partial charge in [-0.05, 0) is 20.3 Å². The zero-order valence-corrected chi connectivity index (χ0v) is 10.9. The molecule has 0 rings (SSSR count). The lowest BCUT2D eigenvalue weighted by molar-refractivity contribution is -0.145. The fourth-order valence-electron chi connectivity index (χ4n) is 1.56. The van der Waals surface area contributed by atoms with E-state index in [1.54, 1.807) is 11.8 Å². The first-order chi connectivity index (χ1) is 7.26. The van der Waals surface area contributed by atoms with Crippen LogP contribution in [0.25, 0.3) is 0 Å². The van der Waals surface area contributed by atoms with Crippen molar-refractivity contribution < 1.29 is 14.7 Å². The highest BCUT2D eigenvalue weighted by Crippen LogP contribution is 2.24. The van der Waals surface area contributed by atoms with Crippen LogP contribution < -0.4 is 0 Å². The van der Waals surface area contributed by atoms with E-state index in [1.165, 1.54) is 0 Å². The second-order valence-electron chi connectivity index (χ2n) is 4.78. The first kappa shape index (κ1) is 14.9. The molecule has 0 aliphatic carbocycles. The molecule has 0 aromatic heterocycles. The molecule has 0 radical (unpaired) electrons. The Morgan fingerprint density at radius 2 is 1.81 bits per heavy atom. The molecule has 0 aliphatic rings. The van der Waals surface area contributed by atoms with Crippen LogP contribution >= 0.6 is 0 Å². The average Bonchev–Trinajstić information content (AvgIpc) is 2.17. The van der Waals surface area contributed by atoms with E-state index in [1.807, 2.05) is 27.7 Å². The smallest absolute Gasteiger partial charge is 0.305 e. The summed E-state index contributed by atoms with van der Waals surface area (Å²) in [5.41, 5.74) is -0.414. The third-order valence-electron chi connectivity index (χ3n) is 3.07. The molecular formula is C12H23NO3. The van der Waals surface area contributed by atoms with Crippen molar-refractivity contribution in [2.45, 2.75) is 53.5 Å². The highest BCUT2D eigenvalue weighted by atomic mass is 16.4. The van der Waals surface area contributed by atoms with E-state index in [0.29, 0.717) is 6.54 Å². The molecule has 4 nitrogen and oxygen atoms in total. The maximum Gasteiger partial charge on any atom is 0.305 e. The van der Waals surface area contributed by atoms with Crippen molar-refractivity contribution >= 4 is 11.9 Å². The molecule has 94 valence electrons. The minimum absolute atomic E-state index is 0.000621. The molecule has 0 bridgehead atoms. The molecule has 0 fully saturated rings. The molecule has 0 saturated heterocycles. The Hall–Kier alpha value is -1.06. The number of rotatable bonds is 6. The van der Waals surface area contributed by atoms with Crippen LogP contribution in [0.3, 0.4) is 0 Å². The molecule has 1 N–H and O–H groups in total. The average molecular weight is 229 g/mol. The topological polar surface area (TPSA) is 57.6 Å². The summed E-state index contributed by atoms with van der Waals surface area (Å²) in [6, 6.07) is -0.249. The van der Waals surface area contributed by atoms with Crippen LogP contribution in [-0.4, -0.2) is 34.5 Å². The first-order valence-corrected chi connectivity index (χ1v) is 5.79. The van der Waals surface area contributed by atoms with Gasteiger partial charge in [-0.1, -0.05) is 20.8 Å². The quantitative estimate of drug-likeness (QED) is 0.759. The molecular weight excluding hydrogens is 206 g/mol. The number of carbonyl (C=O) groups excluding carboxylic acids is 1. The fraction of sp³-hybridized carbons (Fsp3) is 0.833. The lowest BCUT2D eigenvalue weighted by Gasteiger charge is -2.34. The zero-order valence-electron chi connectivity index (χ0n) is 10.9. The van der Waals surface area contributed by atoms with E-state index in [2.05, 4.69) is 0 Å². The van der Waals surface area contributed by atoms with E-state index in [-0.39, 0.29) is 18.4 Å². The van der Waals surface area contributed by atoms with Crippen molar-refractivity contribution in [1.29, 1.82) is 0 Å². The first-order valence-electron chi connectivity index (χ1n) is 5.79. The van der Waals surface area contributed by atoms with Crippen LogP contribution in [0.4, 0.5) is 0 Å². The maximum absolute atomic E-state index is 12.2. The van der Waals surface area contributed by atoms with E-state index >= 15 is 0 Å². The fourth-order valence-corrected chi connectivity index (χ4v) is 1.56. The summed E-state index contributed by atoms with van der Waals surface area (Å²) in [6.07, 6.45) is 0.751. The number of carbonyl (C=O) groups is 2. The van der Waals surface area contributed by atoms with Gasteiger partial charge in [-0.3, -0.25) is 9.59 Å². The Kier molecular flexibility index (Phi) is 5.48. The zero-order chi connectivity index (χ0) is 12.9. The number of aliphatic carboxylic acids is 1. The predicted octanol–water partition coefficient (Wildman–Crippen LogP) is 2.13. The van der Waals surface area contributed by atoms with Gasteiger partial charge in [-0.2, -0.15) is 0 Å². The molecule has 0 aromatic carbocycles. The van der Waals surface area contributed by atoms with Crippen molar-refractivity contribution in [2.24, 2.45) is 5.41 Å². The van der Waals surface area contributed by atoms with E-state index in [4.69, 9.17) is 5.11 Å². The molecule has 0 aliphatic heterocycles. The summed E-state index contributed by atoms with van der Waals surface area (Å²) < 4.78 is 0. The summed E-state index contributed by atoms with van der Waals surface area (Å²) in [5.74, 6) is -0.834. The summed E-state index contributed by atoms with van der Waals surface area (Å²) in [5, 5.41) is 8.73. The standard InChI is InChI=1S/C12H23NO3/c1-6-12(4,5)11(16)13(7-2)9(3)8-10(14)15/h9H,6-8H2,1-5H3,(H,14,15). The largest absolute Gasteiger partial charge is 0.481 e. The summed E-state index contributed by atoms with van der Waals surface area (Å²) in [7, 11) is 0. The maximum atomic E-state index is 12.2. The van der Waals surface area contributed by atoms with E-state index < -0.39 is 11.4 Å². The molecule has 0 aromatic rings. The second kappa shape index (κ2) is 5.87. The Morgan fingerprint density at radius 3 is 2.12 bits per heavy atom. The monoisotopic (exact) mass is 229 g/mol. The van der Waals surface area contributed by atoms with Gasteiger partial charge in [-0.15, -0.1) is 0 Å². The van der Waals surface area contributed by atoms with Crippen molar-refractivity contribution in [2.75, 3.05) is 6.54 Å². The molecule has 1 amide bonds. The Balaban J connectivity index is 4.73. The molecule has 4 heteroatoms. The highest BCUT2D eigenvalue weighted by Gasteiger charge is 2.32. The van der Waals surface area contributed by atoms with Crippen molar-refractivity contribution in [1.82, 2.24) is 4.90 Å². The van der Waals surface area contributed by atoms with Crippen molar-refractivity contribution in [3.8, 4) is 0 Å². The summed E-state index contributed by atoms with van der Waals surface area (Å²) in [4.78, 5) is 24.5. The van der Waals surface area contributed by atoms with Crippen LogP contribution in [0.5, 0.6) is 0 Å². The van der Waals surface area contributed by atoms with Gasteiger partial charge < -0.3 is 10.0 Å². The van der Waals surface area contributed by atoms with Crippen LogP contribution in [0, 0.1) is 5.41 Å². The molecule has 16 heavy (non-hydrogen) atoms. The van der Waals surface area contributed by atoms with Crippen molar-refractivity contribution in [3.05, 3.63) is 0 Å². The second-order valence-corrected chi connectivity index (χ2v) is 4.78. The van der Waals surface area contributed by atoms with Crippen LogP contribution in [0.1, 0.15) is 47.5 Å². The van der Waals surface area contributed by atoms with Gasteiger partial charge in [0.2, 0.25) is 5.91 Å². The normalized spacial score (nSPS) is 13.3. The summed E-state index contributed by atoms with van der Waals surface area (Å²) >= 11 is 0. The number of nitrogens with zero attached hydrogens (tertiary/aromatic N) is 1. The van der Waals surface area contributed by atoms with Gasteiger partial charge in [0.05, 0.1) is 6.42 Å². The molecule has 0 heterocycles. The molecule has 0 saturated carbocycles. The predicted molar refractivity (Wildman–Crippen MR) is 63.2 cm³/mol. The minimum atomic E-state index is -0.868. The highest BCUT2D eigenvalue weighted by molar-refractivity contribution is 5.82. The van der Waals surface area contributed by atoms with Gasteiger partial charge in [0.15, 0.2) is 0 Å². The molecule has 0 spiro atoms.